The van der Waals surface area contributed by atoms with E-state index in [-0.39, 0.29) is 11.7 Å². The van der Waals surface area contributed by atoms with E-state index in [1.54, 1.807) is 6.92 Å². The van der Waals surface area contributed by atoms with Crippen LogP contribution in [0.1, 0.15) is 131 Å². The molecule has 0 aromatic carbocycles. The van der Waals surface area contributed by atoms with Gasteiger partial charge in [0.2, 0.25) is 11.8 Å². The first kappa shape index (κ1) is 35.5. The summed E-state index contributed by atoms with van der Waals surface area (Å²) in [6.07, 6.45) is 15.1. The lowest BCUT2D eigenvalue weighted by molar-refractivity contribution is -0.135. The molecule has 0 aliphatic carbocycles. The van der Waals surface area contributed by atoms with Gasteiger partial charge in [0.1, 0.15) is 5.78 Å². The number of carbonyl (C=O) groups is 3. The lowest BCUT2D eigenvalue weighted by Gasteiger charge is -2.30. The van der Waals surface area contributed by atoms with Crippen LogP contribution in [-0.4, -0.2) is 41.9 Å². The van der Waals surface area contributed by atoms with Gasteiger partial charge in [0.25, 0.3) is 10.1 Å². The van der Waals surface area contributed by atoms with Crippen LogP contribution in [0, 0.1) is 17.8 Å². The Balaban J connectivity index is 4.62. The zero-order valence-electron chi connectivity index (χ0n) is 24.0. The van der Waals surface area contributed by atoms with Crippen molar-refractivity contribution in [2.75, 3.05) is 5.75 Å². The van der Waals surface area contributed by atoms with Crippen molar-refractivity contribution in [3.05, 3.63) is 0 Å². The molecule has 0 aromatic rings. The van der Waals surface area contributed by atoms with Crippen molar-refractivity contribution < 1.29 is 27.4 Å². The molecule has 218 valence electrons. The summed E-state index contributed by atoms with van der Waals surface area (Å²) in [4.78, 5) is 37.7. The van der Waals surface area contributed by atoms with Crippen molar-refractivity contribution >= 4 is 27.7 Å². The van der Waals surface area contributed by atoms with Crippen molar-refractivity contribution in [2.24, 2.45) is 23.5 Å². The monoisotopic (exact) mass is 546 g/mol. The number of nitrogens with two attached hydrogens (primary N) is 1. The summed E-state index contributed by atoms with van der Waals surface area (Å²) in [7, 11) is -4.31. The summed E-state index contributed by atoms with van der Waals surface area (Å²) in [5.74, 6) is -3.33. The molecular weight excluding hydrogens is 492 g/mol. The van der Waals surface area contributed by atoms with Crippen LogP contribution >= 0.6 is 0 Å². The lowest BCUT2D eigenvalue weighted by atomic mass is 9.82. The molecule has 3 unspecified atom stereocenters. The molecule has 0 aromatic heterocycles. The Hall–Kier alpha value is -1.48. The van der Waals surface area contributed by atoms with Gasteiger partial charge in [-0.3, -0.25) is 18.9 Å². The zero-order chi connectivity index (χ0) is 28.5. The number of ketones is 1. The maximum absolute atomic E-state index is 13.0. The fraction of sp³-hybridized carbons (Fsp3) is 0.893. The van der Waals surface area contributed by atoms with Crippen LogP contribution in [0.4, 0.5) is 0 Å². The van der Waals surface area contributed by atoms with Gasteiger partial charge in [0.15, 0.2) is 0 Å². The van der Waals surface area contributed by atoms with Crippen molar-refractivity contribution in [1.82, 2.24) is 5.32 Å². The lowest BCUT2D eigenvalue weighted by Crippen LogP contribution is -2.52. The number of carbonyl (C=O) groups excluding carboxylic acids is 3. The molecule has 3 atom stereocenters. The van der Waals surface area contributed by atoms with Gasteiger partial charge in [-0.1, -0.05) is 85.0 Å². The summed E-state index contributed by atoms with van der Waals surface area (Å²) in [5, 5.41) is 2.64. The van der Waals surface area contributed by atoms with Gasteiger partial charge >= 0.3 is 0 Å². The third kappa shape index (κ3) is 17.6. The van der Waals surface area contributed by atoms with Crippen molar-refractivity contribution in [1.29, 1.82) is 0 Å². The predicted octanol–water partition coefficient (Wildman–Crippen LogP) is 5.58. The average molecular weight is 547 g/mol. The Kier molecular flexibility index (Phi) is 18.0. The molecule has 4 N–H and O–H groups in total. The molecule has 0 rings (SSSR count). The minimum atomic E-state index is -4.31. The van der Waals surface area contributed by atoms with E-state index in [1.807, 2.05) is 6.92 Å². The molecule has 0 bridgehead atoms. The van der Waals surface area contributed by atoms with Gasteiger partial charge in [-0.15, -0.1) is 0 Å². The van der Waals surface area contributed by atoms with Crippen molar-refractivity contribution in [2.45, 2.75) is 136 Å². The SMILES string of the molecule is CCCCCCCCCCCCCC(=O)C(C)CCC(C(=O)NC(C)(C)CS(=O)(=O)O)C(CC)C(N)=O. The maximum Gasteiger partial charge on any atom is 0.267 e. The number of amides is 2. The molecular formula is C28H54N2O6S. The summed E-state index contributed by atoms with van der Waals surface area (Å²) in [6.45, 7) is 8.82. The molecule has 37 heavy (non-hydrogen) atoms. The predicted molar refractivity (Wildman–Crippen MR) is 150 cm³/mol. The minimum absolute atomic E-state index is 0.161. The average Bonchev–Trinajstić information content (AvgIpc) is 2.77. The van der Waals surface area contributed by atoms with E-state index in [9.17, 15) is 27.4 Å². The Labute approximate surface area is 226 Å². The molecule has 0 aliphatic heterocycles. The van der Waals surface area contributed by atoms with Gasteiger partial charge in [-0.25, -0.2) is 0 Å². The summed E-state index contributed by atoms with van der Waals surface area (Å²) >= 11 is 0. The zero-order valence-corrected chi connectivity index (χ0v) is 24.8. The normalized spacial score (nSPS) is 14.6. The highest BCUT2D eigenvalue weighted by atomic mass is 32.2. The van der Waals surface area contributed by atoms with Gasteiger partial charge in [0, 0.05) is 24.2 Å². The third-order valence-electron chi connectivity index (χ3n) is 7.12. The van der Waals surface area contributed by atoms with Crippen LogP contribution in [0.3, 0.4) is 0 Å². The van der Waals surface area contributed by atoms with E-state index in [1.165, 1.54) is 65.2 Å². The van der Waals surface area contributed by atoms with E-state index in [0.29, 0.717) is 25.7 Å². The van der Waals surface area contributed by atoms with E-state index >= 15 is 0 Å². The second-order valence-corrected chi connectivity index (χ2v) is 12.8. The molecule has 0 spiro atoms. The largest absolute Gasteiger partial charge is 0.369 e. The van der Waals surface area contributed by atoms with Crippen LogP contribution in [0.5, 0.6) is 0 Å². The Morgan fingerprint density at radius 3 is 1.76 bits per heavy atom. The smallest absolute Gasteiger partial charge is 0.267 e. The topological polar surface area (TPSA) is 144 Å². The summed E-state index contributed by atoms with van der Waals surface area (Å²) in [6, 6.07) is 0. The minimum Gasteiger partial charge on any atom is -0.369 e. The number of rotatable bonds is 23. The van der Waals surface area contributed by atoms with Crippen LogP contribution in [0.15, 0.2) is 0 Å². The highest BCUT2D eigenvalue weighted by Gasteiger charge is 2.35. The van der Waals surface area contributed by atoms with E-state index < -0.39 is 45.1 Å². The molecule has 0 saturated carbocycles. The molecule has 8 nitrogen and oxygen atoms in total. The van der Waals surface area contributed by atoms with E-state index in [2.05, 4.69) is 12.2 Å². The standard InChI is InChI=1S/C28H54N2O6S/c1-6-8-9-10-11-12-13-14-15-16-17-18-25(31)22(3)19-20-24(23(7-2)26(29)32)27(33)30-28(4,5)21-37(34,35)36/h22-24H,6-21H2,1-5H3,(H2,29,32)(H,30,33)(H,34,35,36). The fourth-order valence-corrected chi connectivity index (χ4v) is 5.90. The van der Waals surface area contributed by atoms with Gasteiger partial charge < -0.3 is 11.1 Å². The second-order valence-electron chi connectivity index (χ2n) is 11.4. The fourth-order valence-electron chi connectivity index (χ4n) is 4.92. The van der Waals surface area contributed by atoms with Gasteiger partial charge in [-0.2, -0.15) is 8.42 Å². The first-order valence-electron chi connectivity index (χ1n) is 14.3. The molecule has 9 heteroatoms. The number of Topliss-reactive ketones (excluding diaryl/α,β-unsaturated/α-hetero) is 1. The molecule has 0 heterocycles. The number of nitrogens with one attached hydrogen (secondary N) is 1. The molecule has 0 fully saturated rings. The molecule has 0 aliphatic rings. The van der Waals surface area contributed by atoms with Crippen LogP contribution < -0.4 is 11.1 Å². The van der Waals surface area contributed by atoms with Crippen LogP contribution in [0.25, 0.3) is 0 Å². The highest BCUT2D eigenvalue weighted by Crippen LogP contribution is 2.26. The second kappa shape index (κ2) is 18.7. The molecule has 0 saturated heterocycles. The first-order chi connectivity index (χ1) is 17.2. The Bertz CT molecular complexity index is 782. The van der Waals surface area contributed by atoms with Crippen molar-refractivity contribution in [3.63, 3.8) is 0 Å². The summed E-state index contributed by atoms with van der Waals surface area (Å²) < 4.78 is 31.8. The number of unbranched alkanes of at least 4 members (excludes halogenated alkanes) is 10. The van der Waals surface area contributed by atoms with Gasteiger partial charge in [-0.05, 0) is 39.5 Å². The summed E-state index contributed by atoms with van der Waals surface area (Å²) in [5.41, 5.74) is 4.32. The number of hydrogen-bond acceptors (Lipinski definition) is 5. The highest BCUT2D eigenvalue weighted by molar-refractivity contribution is 7.85. The number of hydrogen-bond donors (Lipinski definition) is 3. The molecule has 0 radical (unpaired) electrons. The Morgan fingerprint density at radius 1 is 0.838 bits per heavy atom. The van der Waals surface area contributed by atoms with Crippen LogP contribution in [0.2, 0.25) is 0 Å². The number of primary amides is 1. The van der Waals surface area contributed by atoms with Gasteiger partial charge in [0.05, 0.1) is 11.3 Å². The van der Waals surface area contributed by atoms with Crippen molar-refractivity contribution in [3.8, 4) is 0 Å². The Morgan fingerprint density at radius 2 is 1.32 bits per heavy atom. The first-order valence-corrected chi connectivity index (χ1v) is 15.9. The quantitative estimate of drug-likeness (QED) is 0.113. The molecule has 2 amide bonds. The van der Waals surface area contributed by atoms with E-state index in [4.69, 9.17) is 5.73 Å². The maximum atomic E-state index is 13.0. The van der Waals surface area contributed by atoms with Crippen LogP contribution in [-0.2, 0) is 24.5 Å². The third-order valence-corrected chi connectivity index (χ3v) is 8.21. The van der Waals surface area contributed by atoms with E-state index in [0.717, 1.165) is 19.3 Å².